The van der Waals surface area contributed by atoms with Crippen LogP contribution >= 0.6 is 0 Å². The Kier molecular flexibility index (Phi) is 4.20. The molecule has 4 heteroatoms. The number of carbonyl (C=O) groups is 1. The second-order valence-corrected chi connectivity index (χ2v) is 6.53. The van der Waals surface area contributed by atoms with Gasteiger partial charge in [0.05, 0.1) is 6.04 Å². The Balaban J connectivity index is 2.48. The molecule has 0 spiro atoms. The fourth-order valence-corrected chi connectivity index (χ4v) is 2.12. The molecule has 1 aliphatic carbocycles. The minimum Gasteiger partial charge on any atom is -0.353 e. The molecule has 0 aliphatic heterocycles. The molecule has 17 heavy (non-hydrogen) atoms. The largest absolute Gasteiger partial charge is 0.353 e. The van der Waals surface area contributed by atoms with Crippen LogP contribution in [0.1, 0.15) is 40.0 Å². The highest BCUT2D eigenvalue weighted by Crippen LogP contribution is 2.35. The minimum absolute atomic E-state index is 0.0365. The van der Waals surface area contributed by atoms with Crippen LogP contribution in [0, 0.1) is 5.41 Å². The maximum Gasteiger partial charge on any atom is 0.237 e. The SMILES string of the molecule is CN(C)C1(CNC(=O)[C@H](N)C(C)(C)C)CCC1. The summed E-state index contributed by atoms with van der Waals surface area (Å²) in [6, 6.07) is -0.443. The number of hydrogen-bond acceptors (Lipinski definition) is 3. The van der Waals surface area contributed by atoms with E-state index in [4.69, 9.17) is 5.73 Å². The highest BCUT2D eigenvalue weighted by Gasteiger charge is 2.40. The Hall–Kier alpha value is -0.610. The smallest absolute Gasteiger partial charge is 0.237 e. The molecule has 0 aromatic rings. The molecule has 4 nitrogen and oxygen atoms in total. The van der Waals surface area contributed by atoms with E-state index in [1.54, 1.807) is 0 Å². The van der Waals surface area contributed by atoms with Crippen molar-refractivity contribution < 1.29 is 4.79 Å². The summed E-state index contributed by atoms with van der Waals surface area (Å²) in [4.78, 5) is 14.2. The topological polar surface area (TPSA) is 58.4 Å². The number of nitrogens with one attached hydrogen (secondary N) is 1. The van der Waals surface area contributed by atoms with E-state index in [1.807, 2.05) is 20.8 Å². The number of nitrogens with zero attached hydrogens (tertiary/aromatic N) is 1. The molecular weight excluding hydrogens is 214 g/mol. The number of carbonyl (C=O) groups excluding carboxylic acids is 1. The van der Waals surface area contributed by atoms with Gasteiger partial charge in [0.15, 0.2) is 0 Å². The van der Waals surface area contributed by atoms with Crippen molar-refractivity contribution in [2.75, 3.05) is 20.6 Å². The average molecular weight is 241 g/mol. The monoisotopic (exact) mass is 241 g/mol. The molecule has 0 radical (unpaired) electrons. The van der Waals surface area contributed by atoms with Crippen molar-refractivity contribution in [2.45, 2.75) is 51.6 Å². The van der Waals surface area contributed by atoms with Crippen LogP contribution in [0.2, 0.25) is 0 Å². The maximum absolute atomic E-state index is 11.9. The molecule has 1 fully saturated rings. The molecule has 3 N–H and O–H groups in total. The van der Waals surface area contributed by atoms with E-state index in [0.717, 1.165) is 12.8 Å². The molecule has 0 unspecified atom stereocenters. The van der Waals surface area contributed by atoms with Crippen molar-refractivity contribution in [2.24, 2.45) is 11.1 Å². The van der Waals surface area contributed by atoms with Crippen molar-refractivity contribution in [3.8, 4) is 0 Å². The van der Waals surface area contributed by atoms with Gasteiger partial charge in [-0.15, -0.1) is 0 Å². The number of hydrogen-bond donors (Lipinski definition) is 2. The van der Waals surface area contributed by atoms with Crippen molar-refractivity contribution in [1.82, 2.24) is 10.2 Å². The van der Waals surface area contributed by atoms with Crippen molar-refractivity contribution in [3.05, 3.63) is 0 Å². The number of rotatable bonds is 4. The summed E-state index contributed by atoms with van der Waals surface area (Å²) in [6.45, 7) is 6.68. The zero-order valence-electron chi connectivity index (χ0n) is 11.8. The highest BCUT2D eigenvalue weighted by atomic mass is 16.2. The van der Waals surface area contributed by atoms with Crippen molar-refractivity contribution in [3.63, 3.8) is 0 Å². The lowest BCUT2D eigenvalue weighted by atomic mass is 9.75. The lowest BCUT2D eigenvalue weighted by Crippen LogP contribution is -2.59. The predicted octanol–water partition coefficient (Wildman–Crippen LogP) is 0.960. The fraction of sp³-hybridized carbons (Fsp3) is 0.923. The van der Waals surface area contributed by atoms with Crippen LogP contribution in [0.3, 0.4) is 0 Å². The van der Waals surface area contributed by atoms with Crippen LogP contribution in [0.5, 0.6) is 0 Å². The van der Waals surface area contributed by atoms with Gasteiger partial charge < -0.3 is 16.0 Å². The van der Waals surface area contributed by atoms with Gasteiger partial charge >= 0.3 is 0 Å². The van der Waals surface area contributed by atoms with Crippen LogP contribution in [0.15, 0.2) is 0 Å². The third kappa shape index (κ3) is 3.19. The van der Waals surface area contributed by atoms with Gasteiger partial charge in [-0.25, -0.2) is 0 Å². The first-order valence-electron chi connectivity index (χ1n) is 6.40. The van der Waals surface area contributed by atoms with Crippen LogP contribution < -0.4 is 11.1 Å². The summed E-state index contributed by atoms with van der Waals surface area (Å²) >= 11 is 0. The van der Waals surface area contributed by atoms with Gasteiger partial charge in [0.2, 0.25) is 5.91 Å². The molecule has 1 rings (SSSR count). The molecule has 1 amide bonds. The van der Waals surface area contributed by atoms with E-state index in [0.29, 0.717) is 6.54 Å². The first kappa shape index (κ1) is 14.5. The van der Waals surface area contributed by atoms with Gasteiger partial charge in [0, 0.05) is 12.1 Å². The van der Waals surface area contributed by atoms with E-state index in [1.165, 1.54) is 6.42 Å². The normalized spacial score (nSPS) is 20.9. The molecule has 100 valence electrons. The minimum atomic E-state index is -0.443. The summed E-state index contributed by atoms with van der Waals surface area (Å²) in [7, 11) is 4.16. The summed E-state index contributed by atoms with van der Waals surface area (Å²) in [5.74, 6) is -0.0365. The maximum atomic E-state index is 11.9. The third-order valence-electron chi connectivity index (χ3n) is 4.04. The summed E-state index contributed by atoms with van der Waals surface area (Å²) in [5, 5.41) is 3.01. The van der Waals surface area contributed by atoms with Crippen molar-refractivity contribution in [1.29, 1.82) is 0 Å². The fourth-order valence-electron chi connectivity index (χ4n) is 2.12. The predicted molar refractivity (Wildman–Crippen MR) is 70.7 cm³/mol. The molecular formula is C13H27N3O. The lowest BCUT2D eigenvalue weighted by molar-refractivity contribution is -0.125. The van der Waals surface area contributed by atoms with Crippen LogP contribution in [-0.2, 0) is 4.79 Å². The molecule has 0 bridgehead atoms. The second-order valence-electron chi connectivity index (χ2n) is 6.53. The van der Waals surface area contributed by atoms with Gasteiger partial charge in [-0.2, -0.15) is 0 Å². The molecule has 1 atom stereocenters. The number of nitrogens with two attached hydrogens (primary N) is 1. The number of likely N-dealkylation sites (N-methyl/N-ethyl adjacent to an activating group) is 1. The molecule has 0 aromatic carbocycles. The van der Waals surface area contributed by atoms with E-state index in [-0.39, 0.29) is 16.9 Å². The summed E-state index contributed by atoms with van der Waals surface area (Å²) in [5.41, 5.74) is 5.91. The van der Waals surface area contributed by atoms with Crippen LogP contribution in [0.25, 0.3) is 0 Å². The Morgan fingerprint density at radius 2 is 1.94 bits per heavy atom. The van der Waals surface area contributed by atoms with Gasteiger partial charge in [0.1, 0.15) is 0 Å². The summed E-state index contributed by atoms with van der Waals surface area (Å²) in [6.07, 6.45) is 3.56. The molecule has 0 saturated heterocycles. The molecule has 1 aliphatic rings. The van der Waals surface area contributed by atoms with Crippen LogP contribution in [-0.4, -0.2) is 43.0 Å². The molecule has 1 saturated carbocycles. The molecule has 0 aromatic heterocycles. The first-order chi connectivity index (χ1) is 7.69. The second kappa shape index (κ2) is 4.94. The van der Waals surface area contributed by atoms with Gasteiger partial charge in [-0.05, 0) is 38.8 Å². The quantitative estimate of drug-likeness (QED) is 0.771. The van der Waals surface area contributed by atoms with Gasteiger partial charge in [0.25, 0.3) is 0 Å². The Bertz CT molecular complexity index is 277. The van der Waals surface area contributed by atoms with Gasteiger partial charge in [-0.3, -0.25) is 4.79 Å². The number of amides is 1. The van der Waals surface area contributed by atoms with Crippen molar-refractivity contribution >= 4 is 5.91 Å². The Labute approximate surface area is 105 Å². The van der Waals surface area contributed by atoms with E-state index in [9.17, 15) is 4.79 Å². The zero-order chi connectivity index (χ0) is 13.3. The summed E-state index contributed by atoms with van der Waals surface area (Å²) < 4.78 is 0. The third-order valence-corrected chi connectivity index (χ3v) is 4.04. The Morgan fingerprint density at radius 1 is 1.41 bits per heavy atom. The van der Waals surface area contributed by atoms with E-state index < -0.39 is 6.04 Å². The molecule has 0 heterocycles. The lowest BCUT2D eigenvalue weighted by Gasteiger charge is -2.47. The van der Waals surface area contributed by atoms with E-state index >= 15 is 0 Å². The van der Waals surface area contributed by atoms with Crippen LogP contribution in [0.4, 0.5) is 0 Å². The zero-order valence-corrected chi connectivity index (χ0v) is 11.8. The van der Waals surface area contributed by atoms with Gasteiger partial charge in [-0.1, -0.05) is 20.8 Å². The highest BCUT2D eigenvalue weighted by molar-refractivity contribution is 5.82. The van der Waals surface area contributed by atoms with E-state index in [2.05, 4.69) is 24.3 Å². The Morgan fingerprint density at radius 3 is 2.24 bits per heavy atom. The first-order valence-corrected chi connectivity index (χ1v) is 6.40. The standard InChI is InChI=1S/C13H27N3O/c1-12(2,3)10(14)11(17)15-9-13(16(4)5)7-6-8-13/h10H,6-9,14H2,1-5H3,(H,15,17)/t10-/m0/s1. The average Bonchev–Trinajstić information content (AvgIpc) is 2.12.